The first-order valence-corrected chi connectivity index (χ1v) is 6.14. The molecule has 1 aromatic rings. The largest absolute Gasteiger partial charge is 0.462 e. The Morgan fingerprint density at radius 3 is 2.72 bits per heavy atom. The predicted octanol–water partition coefficient (Wildman–Crippen LogP) is 2.63. The zero-order valence-corrected chi connectivity index (χ0v) is 11.6. The van der Waals surface area contributed by atoms with Crippen LogP contribution in [0.5, 0.6) is 0 Å². The Hall–Kier alpha value is -0.830. The first kappa shape index (κ1) is 15.2. The molecule has 3 nitrogen and oxygen atoms in total. The summed E-state index contributed by atoms with van der Waals surface area (Å²) in [5.74, 6) is -6.61. The minimum absolute atomic E-state index is 0.198. The molecule has 100 valence electrons. The lowest BCUT2D eigenvalue weighted by Crippen LogP contribution is -2.42. The Balaban J connectivity index is 3.08. The summed E-state index contributed by atoms with van der Waals surface area (Å²) in [5, 5.41) is 0. The van der Waals surface area contributed by atoms with Crippen molar-refractivity contribution in [3.8, 4) is 0 Å². The molecular formula is C11H11F3INO2. The van der Waals surface area contributed by atoms with Crippen LogP contribution >= 0.6 is 22.6 Å². The van der Waals surface area contributed by atoms with Crippen molar-refractivity contribution in [3.05, 3.63) is 33.1 Å². The number of nitrogens with two attached hydrogens (primary N) is 1. The van der Waals surface area contributed by atoms with Crippen molar-refractivity contribution in [2.45, 2.75) is 18.9 Å². The Labute approximate surface area is 116 Å². The lowest BCUT2D eigenvalue weighted by atomic mass is 10.0. The van der Waals surface area contributed by atoms with Crippen LogP contribution in [-0.2, 0) is 9.53 Å². The normalized spacial score (nSPS) is 13.2. The van der Waals surface area contributed by atoms with E-state index < -0.39 is 29.3 Å². The number of carbonyl (C=O) groups excluding carboxylic acids is 1. The number of hydrogen-bond acceptors (Lipinski definition) is 3. The molecule has 0 aromatic heterocycles. The summed E-state index contributed by atoms with van der Waals surface area (Å²) < 4.78 is 45.5. The highest BCUT2D eigenvalue weighted by atomic mass is 127. The van der Waals surface area contributed by atoms with Gasteiger partial charge in [0.2, 0.25) is 0 Å². The minimum atomic E-state index is -3.97. The number of benzene rings is 1. The van der Waals surface area contributed by atoms with Gasteiger partial charge in [-0.2, -0.15) is 8.78 Å². The molecule has 0 saturated carbocycles. The number of esters is 1. The van der Waals surface area contributed by atoms with E-state index >= 15 is 0 Å². The van der Waals surface area contributed by atoms with Gasteiger partial charge in [-0.25, -0.2) is 9.18 Å². The molecule has 0 radical (unpaired) electrons. The van der Waals surface area contributed by atoms with Crippen LogP contribution in [0.25, 0.3) is 0 Å². The van der Waals surface area contributed by atoms with E-state index in [1.165, 1.54) is 19.1 Å². The monoisotopic (exact) mass is 373 g/mol. The van der Waals surface area contributed by atoms with Gasteiger partial charge in [0.1, 0.15) is 11.9 Å². The number of rotatable bonds is 4. The highest BCUT2D eigenvalue weighted by molar-refractivity contribution is 14.1. The van der Waals surface area contributed by atoms with E-state index in [9.17, 15) is 18.0 Å². The topological polar surface area (TPSA) is 52.3 Å². The first-order chi connectivity index (χ1) is 8.30. The number of alkyl halides is 2. The molecule has 2 N–H and O–H groups in total. The highest BCUT2D eigenvalue weighted by Gasteiger charge is 2.48. The molecule has 0 aliphatic carbocycles. The molecule has 1 rings (SSSR count). The molecule has 0 aliphatic heterocycles. The fourth-order valence-electron chi connectivity index (χ4n) is 1.30. The molecule has 0 fully saturated rings. The second kappa shape index (κ2) is 5.87. The van der Waals surface area contributed by atoms with Crippen molar-refractivity contribution in [1.82, 2.24) is 0 Å². The van der Waals surface area contributed by atoms with E-state index in [4.69, 9.17) is 5.73 Å². The lowest BCUT2D eigenvalue weighted by Gasteiger charge is -2.22. The van der Waals surface area contributed by atoms with Crippen molar-refractivity contribution >= 4 is 28.6 Å². The molecule has 1 aromatic carbocycles. The number of carbonyl (C=O) groups is 1. The number of halogens is 4. The molecular weight excluding hydrogens is 362 g/mol. The molecule has 0 amide bonds. The van der Waals surface area contributed by atoms with Crippen LogP contribution in [-0.4, -0.2) is 18.5 Å². The van der Waals surface area contributed by atoms with Gasteiger partial charge >= 0.3 is 11.9 Å². The predicted molar refractivity (Wildman–Crippen MR) is 67.6 cm³/mol. The molecule has 0 bridgehead atoms. The van der Waals surface area contributed by atoms with E-state index in [1.807, 2.05) is 22.6 Å². The smallest absolute Gasteiger partial charge is 0.379 e. The summed E-state index contributed by atoms with van der Waals surface area (Å²) in [5.41, 5.74) is 4.86. The summed E-state index contributed by atoms with van der Waals surface area (Å²) in [6.07, 6.45) is 0. The van der Waals surface area contributed by atoms with Crippen LogP contribution < -0.4 is 5.73 Å². The quantitative estimate of drug-likeness (QED) is 0.652. The fourth-order valence-corrected chi connectivity index (χ4v) is 1.82. The van der Waals surface area contributed by atoms with Crippen molar-refractivity contribution < 1.29 is 22.7 Å². The van der Waals surface area contributed by atoms with Gasteiger partial charge in [0.05, 0.1) is 6.61 Å². The van der Waals surface area contributed by atoms with E-state index in [-0.39, 0.29) is 6.61 Å². The van der Waals surface area contributed by atoms with E-state index in [0.29, 0.717) is 3.57 Å². The second-order valence-corrected chi connectivity index (χ2v) is 4.73. The summed E-state index contributed by atoms with van der Waals surface area (Å²) in [7, 11) is 0. The third kappa shape index (κ3) is 3.14. The van der Waals surface area contributed by atoms with Crippen molar-refractivity contribution in [2.24, 2.45) is 5.73 Å². The first-order valence-electron chi connectivity index (χ1n) is 5.06. The maximum Gasteiger partial charge on any atom is 0.379 e. The summed E-state index contributed by atoms with van der Waals surface area (Å²) in [6, 6.07) is 1.53. The average Bonchev–Trinajstić information content (AvgIpc) is 2.31. The Bertz CT molecular complexity index is 454. The fraction of sp³-hybridized carbons (Fsp3) is 0.364. The third-order valence-electron chi connectivity index (χ3n) is 2.23. The standard InChI is InChI=1S/C11H11F3INO2/c1-2-18-10(17)11(13,14)9(16)7-5-6(15)3-4-8(7)12/h3-5,9H,2,16H2,1H3/t9-/m1/s1. The van der Waals surface area contributed by atoms with E-state index in [0.717, 1.165) is 6.07 Å². The van der Waals surface area contributed by atoms with Gasteiger partial charge in [-0.15, -0.1) is 0 Å². The summed E-state index contributed by atoms with van der Waals surface area (Å²) in [6.45, 7) is 1.20. The number of ether oxygens (including phenoxy) is 1. The van der Waals surface area contributed by atoms with Crippen molar-refractivity contribution in [1.29, 1.82) is 0 Å². The van der Waals surface area contributed by atoms with E-state index in [1.54, 1.807) is 0 Å². The Morgan fingerprint density at radius 1 is 1.56 bits per heavy atom. The maximum atomic E-state index is 13.6. The highest BCUT2D eigenvalue weighted by Crippen LogP contribution is 2.32. The molecule has 0 heterocycles. The van der Waals surface area contributed by atoms with Crippen LogP contribution in [0.3, 0.4) is 0 Å². The summed E-state index contributed by atoms with van der Waals surface area (Å²) >= 11 is 1.83. The maximum absolute atomic E-state index is 13.6. The zero-order chi connectivity index (χ0) is 13.9. The molecule has 0 saturated heterocycles. The van der Waals surface area contributed by atoms with Crippen molar-refractivity contribution in [3.63, 3.8) is 0 Å². The van der Waals surface area contributed by atoms with Gasteiger partial charge in [0.25, 0.3) is 0 Å². The van der Waals surface area contributed by atoms with Gasteiger partial charge in [0.15, 0.2) is 0 Å². The Kier molecular flexibility index (Phi) is 4.97. The van der Waals surface area contributed by atoms with Crippen LogP contribution in [0.1, 0.15) is 18.5 Å². The Morgan fingerprint density at radius 2 is 2.17 bits per heavy atom. The number of hydrogen-bond donors (Lipinski definition) is 1. The van der Waals surface area contributed by atoms with Gasteiger partial charge in [0, 0.05) is 9.13 Å². The van der Waals surface area contributed by atoms with Crippen LogP contribution in [0, 0.1) is 9.39 Å². The molecule has 0 aliphatic rings. The van der Waals surface area contributed by atoms with Gasteiger partial charge in [-0.3, -0.25) is 0 Å². The average molecular weight is 373 g/mol. The molecule has 0 unspecified atom stereocenters. The van der Waals surface area contributed by atoms with Crippen molar-refractivity contribution in [2.75, 3.05) is 6.61 Å². The molecule has 7 heteroatoms. The van der Waals surface area contributed by atoms with Crippen LogP contribution in [0.4, 0.5) is 13.2 Å². The van der Waals surface area contributed by atoms with Gasteiger partial charge < -0.3 is 10.5 Å². The van der Waals surface area contributed by atoms with E-state index in [2.05, 4.69) is 4.74 Å². The molecule has 1 atom stereocenters. The second-order valence-electron chi connectivity index (χ2n) is 3.49. The lowest BCUT2D eigenvalue weighted by molar-refractivity contribution is -0.174. The third-order valence-corrected chi connectivity index (χ3v) is 2.90. The molecule has 18 heavy (non-hydrogen) atoms. The summed E-state index contributed by atoms with van der Waals surface area (Å²) in [4.78, 5) is 11.1. The van der Waals surface area contributed by atoms with Crippen LogP contribution in [0.2, 0.25) is 0 Å². The van der Waals surface area contributed by atoms with Crippen LogP contribution in [0.15, 0.2) is 18.2 Å². The SMILES string of the molecule is CCOC(=O)C(F)(F)[C@H](N)c1cc(I)ccc1F. The van der Waals surface area contributed by atoms with Gasteiger partial charge in [-0.1, -0.05) is 0 Å². The minimum Gasteiger partial charge on any atom is -0.462 e. The van der Waals surface area contributed by atoms with Gasteiger partial charge in [-0.05, 0) is 47.7 Å². The zero-order valence-electron chi connectivity index (χ0n) is 9.42. The molecule has 0 spiro atoms.